The maximum absolute atomic E-state index is 12.5. The van der Waals surface area contributed by atoms with Crippen molar-refractivity contribution in [1.29, 1.82) is 0 Å². The first-order chi connectivity index (χ1) is 11.1. The van der Waals surface area contributed by atoms with Gasteiger partial charge in [0.15, 0.2) is 0 Å². The third-order valence-electron chi connectivity index (χ3n) is 3.52. The number of nitrogens with one attached hydrogen (secondary N) is 2. The van der Waals surface area contributed by atoms with Gasteiger partial charge in [-0.2, -0.15) is 0 Å². The number of carbonyl (C=O) groups excluding carboxylic acids is 2. The lowest BCUT2D eigenvalue weighted by atomic mass is 10.1. The molecular weight excluding hydrogens is 290 g/mol. The van der Waals surface area contributed by atoms with E-state index in [0.717, 1.165) is 17.5 Å². The number of primary amides is 1. The van der Waals surface area contributed by atoms with Crippen molar-refractivity contribution in [3.8, 4) is 0 Å². The van der Waals surface area contributed by atoms with Crippen molar-refractivity contribution in [2.45, 2.75) is 25.8 Å². The Bertz CT molecular complexity index is 671. The van der Waals surface area contributed by atoms with Crippen LogP contribution in [0.5, 0.6) is 0 Å². The van der Waals surface area contributed by atoms with Gasteiger partial charge in [-0.1, -0.05) is 49.4 Å². The van der Waals surface area contributed by atoms with E-state index in [1.807, 2.05) is 61.5 Å². The van der Waals surface area contributed by atoms with Crippen LogP contribution in [-0.2, 0) is 17.6 Å². The summed E-state index contributed by atoms with van der Waals surface area (Å²) in [4.78, 5) is 23.7. The standard InChI is InChI=1S/C18H21N3O2/c1-2-13-9-6-10-15(11-13)20-17(22)16(21-18(19)23)12-14-7-4-3-5-8-14/h3-11,16H,2,12H2,1H3,(H,20,22)(H3,19,21,23). The fraction of sp³-hybridized carbons (Fsp3) is 0.222. The summed E-state index contributed by atoms with van der Waals surface area (Å²) in [5.41, 5.74) is 7.98. The molecule has 2 aromatic carbocycles. The van der Waals surface area contributed by atoms with Crippen LogP contribution in [0.15, 0.2) is 54.6 Å². The molecule has 0 saturated carbocycles. The number of carbonyl (C=O) groups is 2. The molecule has 0 fully saturated rings. The molecule has 0 aliphatic heterocycles. The number of hydrogen-bond acceptors (Lipinski definition) is 2. The summed E-state index contributed by atoms with van der Waals surface area (Å²) in [5, 5.41) is 5.34. The Kier molecular flexibility index (Phi) is 5.74. The van der Waals surface area contributed by atoms with Crippen molar-refractivity contribution < 1.29 is 9.59 Å². The Morgan fingerprint density at radius 3 is 2.39 bits per heavy atom. The van der Waals surface area contributed by atoms with Crippen molar-refractivity contribution in [3.05, 3.63) is 65.7 Å². The molecule has 23 heavy (non-hydrogen) atoms. The molecule has 0 aromatic heterocycles. The number of aryl methyl sites for hydroxylation is 1. The van der Waals surface area contributed by atoms with E-state index in [9.17, 15) is 9.59 Å². The molecule has 0 heterocycles. The molecule has 120 valence electrons. The zero-order chi connectivity index (χ0) is 16.7. The molecule has 2 rings (SSSR count). The van der Waals surface area contributed by atoms with Crippen LogP contribution in [0.4, 0.5) is 10.5 Å². The molecule has 0 radical (unpaired) electrons. The van der Waals surface area contributed by atoms with E-state index in [1.54, 1.807) is 0 Å². The summed E-state index contributed by atoms with van der Waals surface area (Å²) in [6, 6.07) is 15.7. The first kappa shape index (κ1) is 16.5. The van der Waals surface area contributed by atoms with E-state index in [1.165, 1.54) is 0 Å². The molecule has 4 N–H and O–H groups in total. The first-order valence-electron chi connectivity index (χ1n) is 7.58. The predicted molar refractivity (Wildman–Crippen MR) is 91.1 cm³/mol. The molecule has 5 heteroatoms. The fourth-order valence-electron chi connectivity index (χ4n) is 2.33. The quantitative estimate of drug-likeness (QED) is 0.765. The Hall–Kier alpha value is -2.82. The molecule has 5 nitrogen and oxygen atoms in total. The maximum atomic E-state index is 12.5. The molecule has 1 unspecified atom stereocenters. The van der Waals surface area contributed by atoms with E-state index in [2.05, 4.69) is 10.6 Å². The molecule has 3 amide bonds. The van der Waals surface area contributed by atoms with Gasteiger partial charge in [-0.3, -0.25) is 4.79 Å². The number of rotatable bonds is 6. The highest BCUT2D eigenvalue weighted by Crippen LogP contribution is 2.12. The van der Waals surface area contributed by atoms with Crippen LogP contribution in [0.25, 0.3) is 0 Å². The van der Waals surface area contributed by atoms with Crippen LogP contribution >= 0.6 is 0 Å². The van der Waals surface area contributed by atoms with Gasteiger partial charge >= 0.3 is 6.03 Å². The van der Waals surface area contributed by atoms with Gasteiger partial charge in [0, 0.05) is 12.1 Å². The molecule has 0 saturated heterocycles. The van der Waals surface area contributed by atoms with E-state index >= 15 is 0 Å². The van der Waals surface area contributed by atoms with Crippen molar-refractivity contribution in [3.63, 3.8) is 0 Å². The van der Waals surface area contributed by atoms with Crippen LogP contribution in [0, 0.1) is 0 Å². The van der Waals surface area contributed by atoms with Crippen LogP contribution < -0.4 is 16.4 Å². The van der Waals surface area contributed by atoms with Crippen molar-refractivity contribution in [1.82, 2.24) is 5.32 Å². The number of nitrogens with two attached hydrogens (primary N) is 1. The van der Waals surface area contributed by atoms with Crippen molar-refractivity contribution in [2.24, 2.45) is 5.73 Å². The summed E-state index contributed by atoms with van der Waals surface area (Å²) in [6.45, 7) is 2.05. The Morgan fingerprint density at radius 2 is 1.74 bits per heavy atom. The van der Waals surface area contributed by atoms with Gasteiger partial charge in [0.25, 0.3) is 0 Å². The second-order valence-electron chi connectivity index (χ2n) is 5.29. The highest BCUT2D eigenvalue weighted by atomic mass is 16.2. The van der Waals surface area contributed by atoms with Crippen LogP contribution in [0.3, 0.4) is 0 Å². The third-order valence-corrected chi connectivity index (χ3v) is 3.52. The fourth-order valence-corrected chi connectivity index (χ4v) is 2.33. The molecule has 0 spiro atoms. The molecule has 1 atom stereocenters. The summed E-state index contributed by atoms with van der Waals surface area (Å²) in [5.74, 6) is -0.291. The normalized spacial score (nSPS) is 11.5. The molecule has 0 aliphatic carbocycles. The number of amides is 3. The molecule has 0 aliphatic rings. The van der Waals surface area contributed by atoms with Crippen molar-refractivity contribution in [2.75, 3.05) is 5.32 Å². The van der Waals surface area contributed by atoms with E-state index in [-0.39, 0.29) is 5.91 Å². The zero-order valence-electron chi connectivity index (χ0n) is 13.1. The summed E-state index contributed by atoms with van der Waals surface area (Å²) >= 11 is 0. The SMILES string of the molecule is CCc1cccc(NC(=O)C(Cc2ccccc2)NC(N)=O)c1. The van der Waals surface area contributed by atoms with Gasteiger partial charge < -0.3 is 16.4 Å². The lowest BCUT2D eigenvalue weighted by Crippen LogP contribution is -2.47. The zero-order valence-corrected chi connectivity index (χ0v) is 13.1. The summed E-state index contributed by atoms with van der Waals surface area (Å²) < 4.78 is 0. The first-order valence-corrected chi connectivity index (χ1v) is 7.58. The maximum Gasteiger partial charge on any atom is 0.312 e. The Morgan fingerprint density at radius 1 is 1.04 bits per heavy atom. The molecule has 0 bridgehead atoms. The van der Waals surface area contributed by atoms with Crippen LogP contribution in [0.2, 0.25) is 0 Å². The number of hydrogen-bond donors (Lipinski definition) is 3. The lowest BCUT2D eigenvalue weighted by molar-refractivity contribution is -0.117. The molecule has 2 aromatic rings. The van der Waals surface area contributed by atoms with Gasteiger partial charge in [0.2, 0.25) is 5.91 Å². The highest BCUT2D eigenvalue weighted by molar-refractivity contribution is 5.97. The minimum Gasteiger partial charge on any atom is -0.352 e. The largest absolute Gasteiger partial charge is 0.352 e. The number of anilines is 1. The Labute approximate surface area is 135 Å². The van der Waals surface area contributed by atoms with E-state index < -0.39 is 12.1 Å². The minimum absolute atomic E-state index is 0.291. The summed E-state index contributed by atoms with van der Waals surface area (Å²) in [7, 11) is 0. The Balaban J connectivity index is 2.11. The van der Waals surface area contributed by atoms with Crippen LogP contribution in [-0.4, -0.2) is 18.0 Å². The van der Waals surface area contributed by atoms with E-state index in [4.69, 9.17) is 5.73 Å². The van der Waals surface area contributed by atoms with Gasteiger partial charge in [-0.15, -0.1) is 0 Å². The smallest absolute Gasteiger partial charge is 0.312 e. The lowest BCUT2D eigenvalue weighted by Gasteiger charge is -2.17. The van der Waals surface area contributed by atoms with Gasteiger partial charge in [-0.05, 0) is 29.7 Å². The van der Waals surface area contributed by atoms with Gasteiger partial charge in [0.05, 0.1) is 0 Å². The second-order valence-corrected chi connectivity index (χ2v) is 5.29. The average Bonchev–Trinajstić information content (AvgIpc) is 2.55. The van der Waals surface area contributed by atoms with Crippen molar-refractivity contribution >= 4 is 17.6 Å². The predicted octanol–water partition coefficient (Wildman–Crippen LogP) is 2.47. The summed E-state index contributed by atoms with van der Waals surface area (Å²) in [6.07, 6.45) is 1.26. The number of benzene rings is 2. The van der Waals surface area contributed by atoms with E-state index in [0.29, 0.717) is 12.1 Å². The topological polar surface area (TPSA) is 84.2 Å². The van der Waals surface area contributed by atoms with Gasteiger partial charge in [0.1, 0.15) is 6.04 Å². The third kappa shape index (κ3) is 5.14. The second kappa shape index (κ2) is 7.98. The monoisotopic (exact) mass is 311 g/mol. The molecular formula is C18H21N3O2. The van der Waals surface area contributed by atoms with Crippen LogP contribution in [0.1, 0.15) is 18.1 Å². The highest BCUT2D eigenvalue weighted by Gasteiger charge is 2.20. The minimum atomic E-state index is -0.722. The average molecular weight is 311 g/mol. The number of urea groups is 1. The van der Waals surface area contributed by atoms with Gasteiger partial charge in [-0.25, -0.2) is 4.79 Å².